The normalized spacial score (nSPS) is 26.2. The Hall–Kier alpha value is 0.173. The summed E-state index contributed by atoms with van der Waals surface area (Å²) in [7, 11) is -2.58. The molecule has 1 aliphatic heterocycles. The maximum absolute atomic E-state index is 13.1. The molecule has 128 valence electrons. The number of rotatable bonds is 4. The van der Waals surface area contributed by atoms with Gasteiger partial charge in [-0.15, -0.1) is 6.10 Å². The molecule has 5 heteroatoms. The van der Waals surface area contributed by atoms with Gasteiger partial charge >= 0.3 is 51.4 Å². The van der Waals surface area contributed by atoms with Crippen LogP contribution < -0.4 is 66.9 Å². The summed E-state index contributed by atoms with van der Waals surface area (Å²) in [6.45, 7) is 3.81. The van der Waals surface area contributed by atoms with E-state index in [0.29, 0.717) is 6.04 Å². The maximum atomic E-state index is 13.1. The van der Waals surface area contributed by atoms with Crippen molar-refractivity contribution in [3.05, 3.63) is 60.7 Å². The Labute approximate surface area is 193 Å². The van der Waals surface area contributed by atoms with Gasteiger partial charge in [-0.25, -0.2) is 0 Å². The molecule has 2 aromatic rings. The van der Waals surface area contributed by atoms with Crippen molar-refractivity contribution in [2.24, 2.45) is 5.92 Å². The van der Waals surface area contributed by atoms with Gasteiger partial charge in [-0.05, 0) is 11.6 Å². The fraction of sp³-hybridized carbons (Fsp3) is 0.400. The van der Waals surface area contributed by atoms with E-state index < -0.39 is 31.9 Å². The zero-order valence-electron chi connectivity index (χ0n) is 15.2. The van der Waals surface area contributed by atoms with Crippen molar-refractivity contribution >= 4 is 18.4 Å². The first-order valence-electron chi connectivity index (χ1n) is 8.61. The van der Waals surface area contributed by atoms with Crippen LogP contribution in [0.2, 0.25) is 11.6 Å². The summed E-state index contributed by atoms with van der Waals surface area (Å²) >= 11 is 0. The monoisotopic (exact) mass is 380 g/mol. The zero-order valence-corrected chi connectivity index (χ0v) is 19.3. The third-order valence-corrected chi connectivity index (χ3v) is 11.0. The van der Waals surface area contributed by atoms with Crippen LogP contribution in [0.25, 0.3) is 0 Å². The Morgan fingerprint density at radius 2 is 1.36 bits per heavy atom. The molecule has 0 aromatic heterocycles. The molecule has 0 amide bonds. The second-order valence-electron chi connectivity index (χ2n) is 7.20. The average Bonchev–Trinajstić information content (AvgIpc) is 2.88. The molecule has 0 aliphatic carbocycles. The van der Waals surface area contributed by atoms with Crippen molar-refractivity contribution in [2.45, 2.75) is 43.7 Å². The molecule has 2 N–H and O–H groups in total. The number of aliphatic hydroxyl groups is 2. The van der Waals surface area contributed by atoms with Gasteiger partial charge in [0.15, 0.2) is 0 Å². The predicted octanol–water partition coefficient (Wildman–Crippen LogP) is -2.26. The molecule has 1 fully saturated rings. The van der Waals surface area contributed by atoms with E-state index in [-0.39, 0.29) is 57.3 Å². The second-order valence-corrected chi connectivity index (χ2v) is 11.4. The van der Waals surface area contributed by atoms with Gasteiger partial charge in [0.25, 0.3) is 0 Å². The summed E-state index contributed by atoms with van der Waals surface area (Å²) in [6.07, 6.45) is -2.69. The minimum atomic E-state index is -2.58. The molecule has 0 spiro atoms. The number of benzene rings is 2. The van der Waals surface area contributed by atoms with Crippen molar-refractivity contribution < 1.29 is 66.7 Å². The molecule has 0 unspecified atom stereocenters. The van der Waals surface area contributed by atoms with Crippen LogP contribution in [-0.2, 0) is 0 Å². The quantitative estimate of drug-likeness (QED) is 0.589. The zero-order chi connectivity index (χ0) is 17.3. The number of hydrogen-bond acceptors (Lipinski definition) is 3. The molecule has 3 nitrogen and oxygen atoms in total. The van der Waals surface area contributed by atoms with Gasteiger partial charge < -0.3 is 15.3 Å². The van der Waals surface area contributed by atoms with Gasteiger partial charge in [-0.1, -0.05) is 90.8 Å². The van der Waals surface area contributed by atoms with Crippen molar-refractivity contribution in [2.75, 3.05) is 0 Å². The molecule has 0 bridgehead atoms. The van der Waals surface area contributed by atoms with Crippen molar-refractivity contribution in [3.8, 4) is 0 Å². The summed E-state index contributed by atoms with van der Waals surface area (Å²) in [6, 6.07) is 20.6. The first-order valence-corrected chi connectivity index (χ1v) is 10.9. The van der Waals surface area contributed by atoms with E-state index in [9.17, 15) is 15.3 Å². The smallest absolute Gasteiger partial charge is 0.852 e. The molecular weight excluding hydrogens is 355 g/mol. The van der Waals surface area contributed by atoms with Crippen LogP contribution in [0.3, 0.4) is 0 Å². The van der Waals surface area contributed by atoms with Gasteiger partial charge in [0.1, 0.15) is 8.07 Å². The Morgan fingerprint density at radius 1 is 0.920 bits per heavy atom. The second kappa shape index (κ2) is 8.91. The molecule has 2 aromatic carbocycles. The molecule has 1 aliphatic rings. The third-order valence-electron chi connectivity index (χ3n) is 5.45. The maximum Gasteiger partial charge on any atom is 1.00 e. The first kappa shape index (κ1) is 21.5. The van der Waals surface area contributed by atoms with Crippen molar-refractivity contribution in [1.29, 1.82) is 0 Å². The van der Waals surface area contributed by atoms with Gasteiger partial charge in [0.05, 0.1) is 12.2 Å². The van der Waals surface area contributed by atoms with E-state index in [2.05, 4.69) is 24.3 Å². The standard InChI is InChI=1S/C20H25O3Si.K/c1-14(2)18(22)20-19(23)17(21)13-24(20,15-9-5-3-6-10-15)16-11-7-4-8-12-16;/h3-12,14,17-21,23H,13H2,1-2H3;/q-1;+1/t17-,18+,19-,20+;/m0./s1. The summed E-state index contributed by atoms with van der Waals surface area (Å²) in [5.74, 6) is -0.0887. The van der Waals surface area contributed by atoms with Gasteiger partial charge in [-0.2, -0.15) is 0 Å². The van der Waals surface area contributed by atoms with Crippen LogP contribution in [0.5, 0.6) is 0 Å². The average molecular weight is 381 g/mol. The van der Waals surface area contributed by atoms with Gasteiger partial charge in [0.2, 0.25) is 0 Å². The van der Waals surface area contributed by atoms with Crippen LogP contribution in [0, 0.1) is 5.92 Å². The Morgan fingerprint density at radius 3 is 1.76 bits per heavy atom. The first-order chi connectivity index (χ1) is 11.5. The third kappa shape index (κ3) is 3.90. The molecule has 0 saturated carbocycles. The SMILES string of the molecule is CC(C)[C@@H]([O-])[C@@H]1[C@@H](O)[C@@H](O)C[Si]1(c1ccccc1)c1ccccc1.[K+]. The van der Waals surface area contributed by atoms with Gasteiger partial charge in [-0.3, -0.25) is 0 Å². The van der Waals surface area contributed by atoms with E-state index in [1.54, 1.807) is 0 Å². The fourth-order valence-corrected chi connectivity index (χ4v) is 10.3. The Kier molecular flexibility index (Phi) is 7.65. The number of hydrogen-bond donors (Lipinski definition) is 2. The van der Waals surface area contributed by atoms with E-state index in [0.717, 1.165) is 10.4 Å². The van der Waals surface area contributed by atoms with E-state index in [4.69, 9.17) is 0 Å². The van der Waals surface area contributed by atoms with Crippen LogP contribution >= 0.6 is 0 Å². The van der Waals surface area contributed by atoms with Crippen molar-refractivity contribution in [1.82, 2.24) is 0 Å². The molecule has 4 atom stereocenters. The molecule has 25 heavy (non-hydrogen) atoms. The minimum Gasteiger partial charge on any atom is -0.852 e. The van der Waals surface area contributed by atoms with Crippen LogP contribution in [-0.4, -0.2) is 36.6 Å². The van der Waals surface area contributed by atoms with E-state index in [1.807, 2.05) is 50.2 Å². The summed E-state index contributed by atoms with van der Waals surface area (Å²) < 4.78 is 0. The van der Waals surface area contributed by atoms with E-state index >= 15 is 0 Å². The topological polar surface area (TPSA) is 63.5 Å². The largest absolute Gasteiger partial charge is 1.00 e. The molecule has 0 radical (unpaired) electrons. The van der Waals surface area contributed by atoms with Gasteiger partial charge in [0, 0.05) is 0 Å². The summed E-state index contributed by atoms with van der Waals surface area (Å²) in [4.78, 5) is 0. The molecule has 1 saturated heterocycles. The van der Waals surface area contributed by atoms with Crippen LogP contribution in [0.4, 0.5) is 0 Å². The summed E-state index contributed by atoms with van der Waals surface area (Å²) in [5, 5.41) is 36.6. The number of aliphatic hydroxyl groups excluding tert-OH is 2. The van der Waals surface area contributed by atoms with E-state index in [1.165, 1.54) is 0 Å². The van der Waals surface area contributed by atoms with Crippen LogP contribution in [0.1, 0.15) is 13.8 Å². The minimum absolute atomic E-state index is 0. The fourth-order valence-electron chi connectivity index (χ4n) is 4.27. The Bertz CT molecular complexity index is 626. The van der Waals surface area contributed by atoms with Crippen molar-refractivity contribution in [3.63, 3.8) is 0 Å². The molecule has 3 rings (SSSR count). The Balaban J connectivity index is 0.00000225. The predicted molar refractivity (Wildman–Crippen MR) is 97.1 cm³/mol. The molecular formula is C20H25KO3Si. The van der Waals surface area contributed by atoms with Crippen LogP contribution in [0.15, 0.2) is 60.7 Å². The molecule has 1 heterocycles. The summed E-state index contributed by atoms with van der Waals surface area (Å²) in [5.41, 5.74) is -0.433.